The lowest BCUT2D eigenvalue weighted by atomic mass is 10.5. The van der Waals surface area contributed by atoms with E-state index in [4.69, 9.17) is 0 Å². The molecule has 0 amide bonds. The summed E-state index contributed by atoms with van der Waals surface area (Å²) in [6.07, 6.45) is 0. The van der Waals surface area contributed by atoms with Crippen molar-refractivity contribution in [2.24, 2.45) is 0 Å². The van der Waals surface area contributed by atoms with Crippen LogP contribution in [0, 0.1) is 0 Å². The summed E-state index contributed by atoms with van der Waals surface area (Å²) in [5, 5.41) is 9.29. The van der Waals surface area contributed by atoms with Crippen LogP contribution < -0.4 is 5.69 Å². The molecular formula is C6H10N2O2S. The van der Waals surface area contributed by atoms with Crippen molar-refractivity contribution < 1.29 is 5.11 Å². The predicted octanol–water partition coefficient (Wildman–Crippen LogP) is 0.332. The zero-order valence-electron chi connectivity index (χ0n) is 6.16. The SMILES string of the molecule is CCn1c(O)c(CS)[nH]c1=O. The molecule has 1 aromatic heterocycles. The minimum Gasteiger partial charge on any atom is -0.493 e. The van der Waals surface area contributed by atoms with Gasteiger partial charge in [-0.3, -0.25) is 4.57 Å². The summed E-state index contributed by atoms with van der Waals surface area (Å²) in [6, 6.07) is 0. The molecule has 11 heavy (non-hydrogen) atoms. The highest BCUT2D eigenvalue weighted by molar-refractivity contribution is 7.79. The molecule has 0 saturated heterocycles. The average molecular weight is 174 g/mol. The summed E-state index contributed by atoms with van der Waals surface area (Å²) in [5.41, 5.74) is 0.189. The van der Waals surface area contributed by atoms with E-state index in [9.17, 15) is 9.90 Å². The van der Waals surface area contributed by atoms with E-state index in [0.29, 0.717) is 18.0 Å². The summed E-state index contributed by atoms with van der Waals surface area (Å²) >= 11 is 3.94. The molecule has 0 fully saturated rings. The van der Waals surface area contributed by atoms with Gasteiger partial charge in [-0.05, 0) is 6.92 Å². The van der Waals surface area contributed by atoms with Gasteiger partial charge in [-0.2, -0.15) is 12.6 Å². The highest BCUT2D eigenvalue weighted by Crippen LogP contribution is 2.13. The second kappa shape index (κ2) is 3.04. The molecule has 4 nitrogen and oxygen atoms in total. The van der Waals surface area contributed by atoms with E-state index in [1.165, 1.54) is 4.57 Å². The van der Waals surface area contributed by atoms with Gasteiger partial charge in [0, 0.05) is 12.3 Å². The minimum absolute atomic E-state index is 0.00694. The number of H-pyrrole nitrogens is 1. The fraction of sp³-hybridized carbons (Fsp3) is 0.500. The lowest BCUT2D eigenvalue weighted by Crippen LogP contribution is -2.14. The van der Waals surface area contributed by atoms with E-state index in [2.05, 4.69) is 17.6 Å². The van der Waals surface area contributed by atoms with Crippen LogP contribution in [0.1, 0.15) is 12.6 Å². The number of nitrogens with zero attached hydrogens (tertiary/aromatic N) is 1. The van der Waals surface area contributed by atoms with Crippen LogP contribution in [0.25, 0.3) is 0 Å². The molecule has 0 aromatic carbocycles. The quantitative estimate of drug-likeness (QED) is 0.566. The third-order valence-electron chi connectivity index (χ3n) is 1.50. The van der Waals surface area contributed by atoms with Gasteiger partial charge in [-0.1, -0.05) is 0 Å². The molecule has 0 saturated carbocycles. The van der Waals surface area contributed by atoms with Gasteiger partial charge in [0.25, 0.3) is 0 Å². The molecule has 1 heterocycles. The molecule has 5 heteroatoms. The fourth-order valence-corrected chi connectivity index (χ4v) is 1.14. The molecule has 1 aromatic rings. The Bertz CT molecular complexity index is 302. The molecule has 0 aliphatic rings. The smallest absolute Gasteiger partial charge is 0.328 e. The number of thiol groups is 1. The molecule has 0 aliphatic carbocycles. The monoisotopic (exact) mass is 174 g/mol. The first-order valence-electron chi connectivity index (χ1n) is 3.32. The molecule has 0 radical (unpaired) electrons. The topological polar surface area (TPSA) is 58.0 Å². The fourth-order valence-electron chi connectivity index (χ4n) is 0.915. The molecule has 2 N–H and O–H groups in total. The zero-order valence-corrected chi connectivity index (χ0v) is 7.06. The van der Waals surface area contributed by atoms with Crippen molar-refractivity contribution in [3.63, 3.8) is 0 Å². The number of hydrogen-bond donors (Lipinski definition) is 3. The van der Waals surface area contributed by atoms with Crippen molar-refractivity contribution in [3.8, 4) is 5.88 Å². The van der Waals surface area contributed by atoms with Crippen LogP contribution >= 0.6 is 12.6 Å². The first kappa shape index (κ1) is 8.26. The van der Waals surface area contributed by atoms with E-state index in [1.807, 2.05) is 0 Å². The van der Waals surface area contributed by atoms with Crippen LogP contribution in [0.5, 0.6) is 5.88 Å². The van der Waals surface area contributed by atoms with Gasteiger partial charge in [0.05, 0.1) is 5.69 Å². The van der Waals surface area contributed by atoms with Gasteiger partial charge in [0.1, 0.15) is 0 Å². The van der Waals surface area contributed by atoms with Gasteiger partial charge >= 0.3 is 5.69 Å². The summed E-state index contributed by atoms with van der Waals surface area (Å²) < 4.78 is 1.26. The number of hydrogen-bond acceptors (Lipinski definition) is 3. The van der Waals surface area contributed by atoms with E-state index in [-0.39, 0.29) is 11.6 Å². The van der Waals surface area contributed by atoms with Crippen molar-refractivity contribution in [2.45, 2.75) is 19.2 Å². The number of aromatic hydroxyl groups is 1. The maximum Gasteiger partial charge on any atom is 0.328 e. The Balaban J connectivity index is 3.25. The van der Waals surface area contributed by atoms with Gasteiger partial charge in [0.2, 0.25) is 5.88 Å². The molecule has 0 aliphatic heterocycles. The average Bonchev–Trinajstić information content (AvgIpc) is 2.26. The maximum absolute atomic E-state index is 11.0. The van der Waals surface area contributed by atoms with Crippen molar-refractivity contribution in [2.75, 3.05) is 0 Å². The summed E-state index contributed by atoms with van der Waals surface area (Å²) in [4.78, 5) is 13.5. The number of imidazole rings is 1. The largest absolute Gasteiger partial charge is 0.493 e. The minimum atomic E-state index is -0.283. The van der Waals surface area contributed by atoms with Gasteiger partial charge in [0.15, 0.2) is 0 Å². The highest BCUT2D eigenvalue weighted by Gasteiger charge is 2.08. The molecule has 0 atom stereocenters. The highest BCUT2D eigenvalue weighted by atomic mass is 32.1. The van der Waals surface area contributed by atoms with Crippen molar-refractivity contribution in [3.05, 3.63) is 16.2 Å². The number of aromatic nitrogens is 2. The normalized spacial score (nSPS) is 10.4. The molecule has 1 rings (SSSR count). The van der Waals surface area contributed by atoms with Gasteiger partial charge in [-0.15, -0.1) is 0 Å². The van der Waals surface area contributed by atoms with Crippen LogP contribution in [-0.4, -0.2) is 14.7 Å². The first-order chi connectivity index (χ1) is 5.20. The van der Waals surface area contributed by atoms with Gasteiger partial charge in [-0.25, -0.2) is 4.79 Å². The van der Waals surface area contributed by atoms with Gasteiger partial charge < -0.3 is 10.1 Å². The maximum atomic E-state index is 11.0. The Morgan fingerprint density at radius 1 is 1.73 bits per heavy atom. The molecule has 62 valence electrons. The van der Waals surface area contributed by atoms with E-state index in [1.54, 1.807) is 6.92 Å². The Hall–Kier alpha value is -0.840. The van der Waals surface area contributed by atoms with Crippen LogP contribution in [0.3, 0.4) is 0 Å². The molecular weight excluding hydrogens is 164 g/mol. The number of nitrogens with one attached hydrogen (secondary N) is 1. The van der Waals surface area contributed by atoms with Crippen molar-refractivity contribution in [1.82, 2.24) is 9.55 Å². The predicted molar refractivity (Wildman–Crippen MR) is 45.1 cm³/mol. The van der Waals surface area contributed by atoms with E-state index in [0.717, 1.165) is 0 Å². The van der Waals surface area contributed by atoms with Crippen molar-refractivity contribution in [1.29, 1.82) is 0 Å². The van der Waals surface area contributed by atoms with E-state index < -0.39 is 0 Å². The molecule has 0 spiro atoms. The first-order valence-corrected chi connectivity index (χ1v) is 3.95. The molecule has 0 bridgehead atoms. The number of rotatable bonds is 2. The van der Waals surface area contributed by atoms with Crippen LogP contribution in [0.4, 0.5) is 0 Å². The lowest BCUT2D eigenvalue weighted by Gasteiger charge is -1.96. The third kappa shape index (κ3) is 1.28. The zero-order chi connectivity index (χ0) is 8.43. The Morgan fingerprint density at radius 3 is 2.64 bits per heavy atom. The van der Waals surface area contributed by atoms with E-state index >= 15 is 0 Å². The van der Waals surface area contributed by atoms with Crippen molar-refractivity contribution >= 4 is 12.6 Å². The van der Waals surface area contributed by atoms with Crippen LogP contribution in [0.15, 0.2) is 4.79 Å². The Kier molecular flexibility index (Phi) is 2.28. The molecule has 0 unspecified atom stereocenters. The third-order valence-corrected chi connectivity index (χ3v) is 1.82. The summed E-state index contributed by atoms with van der Waals surface area (Å²) in [7, 11) is 0. The Morgan fingerprint density at radius 2 is 2.36 bits per heavy atom. The van der Waals surface area contributed by atoms with Crippen LogP contribution in [-0.2, 0) is 12.3 Å². The standard InChI is InChI=1S/C6H10N2O2S/c1-2-8-5(9)4(3-11)7-6(8)10/h9,11H,2-3H2,1H3,(H,7,10). The summed E-state index contributed by atoms with van der Waals surface area (Å²) in [6.45, 7) is 2.26. The lowest BCUT2D eigenvalue weighted by molar-refractivity contribution is 0.414. The second-order valence-electron chi connectivity index (χ2n) is 2.13. The second-order valence-corrected chi connectivity index (χ2v) is 2.45. The number of aromatic amines is 1. The van der Waals surface area contributed by atoms with Crippen LogP contribution in [0.2, 0.25) is 0 Å². The Labute approximate surface area is 69.3 Å². The summed E-state index contributed by atoms with van der Waals surface area (Å²) in [5.74, 6) is 0.334.